The number of pyridine rings is 2. The number of aryl methyl sites for hydroxylation is 1. The highest BCUT2D eigenvalue weighted by Gasteiger charge is 2.34. The summed E-state index contributed by atoms with van der Waals surface area (Å²) in [6, 6.07) is 5.68. The smallest absolute Gasteiger partial charge is 0.418 e. The molecule has 3 heterocycles. The number of hydrogen-bond acceptors (Lipinski definition) is 5. The average molecular weight is 538 g/mol. The molecule has 0 radical (unpaired) electrons. The Bertz CT molecular complexity index is 1690. The molecule has 2 atom stereocenters. The minimum absolute atomic E-state index is 0.0161. The summed E-state index contributed by atoms with van der Waals surface area (Å²) < 4.78 is 66.6. The molecule has 1 aromatic carbocycles. The molecule has 3 aromatic heterocycles. The largest absolute Gasteiger partial charge is 0.465 e. The number of para-hydroxylation sites is 1. The molecule has 1 amide bonds. The van der Waals surface area contributed by atoms with Gasteiger partial charge in [-0.15, -0.1) is 11.6 Å². The zero-order chi connectivity index (χ0) is 29.0. The summed E-state index contributed by atoms with van der Waals surface area (Å²) in [5.41, 5.74) is -1.40. The number of rotatable bonds is 5. The topological polar surface area (TPSA) is 114 Å². The van der Waals surface area contributed by atoms with Crippen molar-refractivity contribution in [1.82, 2.24) is 24.4 Å². The summed E-state index contributed by atoms with van der Waals surface area (Å²) in [6.07, 6.45) is -3.54. The molecule has 3 N–H and O–H groups in total. The minimum Gasteiger partial charge on any atom is -0.465 e. The second kappa shape index (κ2) is 9.25. The van der Waals surface area contributed by atoms with Crippen LogP contribution in [-0.2, 0) is 19.0 Å². The highest BCUT2D eigenvalue weighted by Crippen LogP contribution is 2.37. The zero-order valence-electron chi connectivity index (χ0n) is 22.0. The SMILES string of the molecule is [2H]C([2H])([2H])n1c(=O)n([C@@H]2CC[C@@H](NC(=O)O)C2)c2cc(Nc3cc(CCl)c4cccc(C(F)(F)F)c4n3)ncc21. The van der Waals surface area contributed by atoms with Gasteiger partial charge in [0.2, 0.25) is 0 Å². The average Bonchev–Trinajstić information content (AvgIpc) is 3.42. The van der Waals surface area contributed by atoms with Crippen LogP contribution in [0.4, 0.5) is 29.6 Å². The van der Waals surface area contributed by atoms with E-state index in [0.29, 0.717) is 23.0 Å². The summed E-state index contributed by atoms with van der Waals surface area (Å²) >= 11 is 6.04. The first-order chi connectivity index (χ1) is 18.8. The quantitative estimate of drug-likeness (QED) is 0.304. The maximum absolute atomic E-state index is 13.7. The van der Waals surface area contributed by atoms with Gasteiger partial charge in [-0.3, -0.25) is 9.13 Å². The second-order valence-corrected chi connectivity index (χ2v) is 9.05. The van der Waals surface area contributed by atoms with E-state index in [-0.39, 0.29) is 45.9 Å². The van der Waals surface area contributed by atoms with Crippen molar-refractivity contribution in [1.29, 1.82) is 0 Å². The Morgan fingerprint density at radius 1 is 1.27 bits per heavy atom. The lowest BCUT2D eigenvalue weighted by atomic mass is 10.1. The lowest BCUT2D eigenvalue weighted by Crippen LogP contribution is -2.32. The van der Waals surface area contributed by atoms with Gasteiger partial charge in [0.05, 0.1) is 28.3 Å². The Balaban J connectivity index is 1.61. The first-order valence-corrected chi connectivity index (χ1v) is 11.8. The highest BCUT2D eigenvalue weighted by molar-refractivity contribution is 6.18. The number of carbonyl (C=O) groups is 1. The lowest BCUT2D eigenvalue weighted by molar-refractivity contribution is -0.136. The maximum atomic E-state index is 13.7. The summed E-state index contributed by atoms with van der Waals surface area (Å²) in [5, 5.41) is 14.6. The van der Waals surface area contributed by atoms with Crippen LogP contribution in [0.15, 0.2) is 41.3 Å². The standard InChI is InChI=1S/C24H22ClF3N6O3/c1-33-18-11-29-19(9-17(18)34(23(33)37)14-6-5-13(8-14)30-22(35)36)31-20-7-12(10-25)15-3-2-4-16(21(15)32-20)24(26,27)28/h2-4,7,9,11,13-14,30H,5-6,8,10H2,1H3,(H,35,36)(H,29,31,32)/t13-,14-/m1/s1/i1D3. The van der Waals surface area contributed by atoms with E-state index >= 15 is 0 Å². The lowest BCUT2D eigenvalue weighted by Gasteiger charge is -2.15. The van der Waals surface area contributed by atoms with Crippen molar-refractivity contribution in [2.45, 2.75) is 43.4 Å². The van der Waals surface area contributed by atoms with Gasteiger partial charge in [-0.05, 0) is 37.0 Å². The van der Waals surface area contributed by atoms with E-state index in [9.17, 15) is 22.8 Å². The number of benzene rings is 1. The first-order valence-electron chi connectivity index (χ1n) is 12.7. The van der Waals surface area contributed by atoms with Crippen molar-refractivity contribution in [2.75, 3.05) is 5.32 Å². The number of carboxylic acid groups (broad SMARTS) is 1. The van der Waals surface area contributed by atoms with E-state index in [1.165, 1.54) is 35.0 Å². The normalized spacial score (nSPS) is 19.5. The molecule has 194 valence electrons. The molecule has 13 heteroatoms. The molecule has 5 rings (SSSR count). The van der Waals surface area contributed by atoms with E-state index < -0.39 is 42.6 Å². The van der Waals surface area contributed by atoms with Crippen LogP contribution in [0, 0.1) is 0 Å². The van der Waals surface area contributed by atoms with Crippen LogP contribution < -0.4 is 16.3 Å². The molecule has 9 nitrogen and oxygen atoms in total. The number of anilines is 2. The van der Waals surface area contributed by atoms with E-state index in [2.05, 4.69) is 20.6 Å². The summed E-state index contributed by atoms with van der Waals surface area (Å²) in [4.78, 5) is 32.8. The molecule has 0 unspecified atom stereocenters. The van der Waals surface area contributed by atoms with E-state index in [1.54, 1.807) is 0 Å². The monoisotopic (exact) mass is 537 g/mol. The minimum atomic E-state index is -4.66. The molecule has 0 saturated heterocycles. The van der Waals surface area contributed by atoms with Gasteiger partial charge in [0.15, 0.2) is 0 Å². The van der Waals surface area contributed by atoms with E-state index in [0.717, 1.165) is 6.07 Å². The van der Waals surface area contributed by atoms with Crippen LogP contribution in [0.3, 0.4) is 0 Å². The van der Waals surface area contributed by atoms with Gasteiger partial charge in [0.25, 0.3) is 0 Å². The molecule has 4 aromatic rings. The van der Waals surface area contributed by atoms with Crippen LogP contribution in [0.2, 0.25) is 0 Å². The number of alkyl halides is 4. The third-order valence-electron chi connectivity index (χ3n) is 6.49. The molecule has 1 aliphatic carbocycles. The fourth-order valence-corrected chi connectivity index (χ4v) is 5.11. The molecule has 1 saturated carbocycles. The van der Waals surface area contributed by atoms with Gasteiger partial charge in [-0.25, -0.2) is 19.6 Å². The predicted octanol–water partition coefficient (Wildman–Crippen LogP) is 5.15. The number of fused-ring (bicyclic) bond motifs is 2. The van der Waals surface area contributed by atoms with Crippen molar-refractivity contribution in [3.8, 4) is 0 Å². The number of aromatic nitrogens is 4. The number of amides is 1. The summed E-state index contributed by atoms with van der Waals surface area (Å²) in [7, 11) is 0. The van der Waals surface area contributed by atoms with Gasteiger partial charge >= 0.3 is 18.0 Å². The fourth-order valence-electron chi connectivity index (χ4n) is 4.89. The zero-order valence-corrected chi connectivity index (χ0v) is 19.8. The van der Waals surface area contributed by atoms with Crippen molar-refractivity contribution in [2.24, 2.45) is 6.98 Å². The van der Waals surface area contributed by atoms with Crippen LogP contribution in [0.25, 0.3) is 21.9 Å². The Hall–Kier alpha value is -3.80. The molecule has 0 spiro atoms. The fraction of sp³-hybridized carbons (Fsp3) is 0.333. The molecule has 37 heavy (non-hydrogen) atoms. The van der Waals surface area contributed by atoms with Crippen LogP contribution in [-0.4, -0.2) is 36.3 Å². The van der Waals surface area contributed by atoms with Gasteiger partial charge in [0, 0.05) is 40.5 Å². The molecular formula is C24H22ClF3N6O3. The van der Waals surface area contributed by atoms with Gasteiger partial charge in [0.1, 0.15) is 11.6 Å². The molecule has 0 aliphatic heterocycles. The van der Waals surface area contributed by atoms with Crippen LogP contribution >= 0.6 is 11.6 Å². The number of imidazole rings is 1. The van der Waals surface area contributed by atoms with Crippen molar-refractivity contribution < 1.29 is 27.2 Å². The third-order valence-corrected chi connectivity index (χ3v) is 6.78. The first kappa shape index (κ1) is 21.3. The Morgan fingerprint density at radius 3 is 2.78 bits per heavy atom. The van der Waals surface area contributed by atoms with E-state index in [4.69, 9.17) is 20.8 Å². The second-order valence-electron chi connectivity index (χ2n) is 8.78. The van der Waals surface area contributed by atoms with Crippen molar-refractivity contribution in [3.63, 3.8) is 0 Å². The number of nitrogens with zero attached hydrogens (tertiary/aromatic N) is 4. The Labute approximate surface area is 217 Å². The van der Waals surface area contributed by atoms with Gasteiger partial charge < -0.3 is 15.7 Å². The van der Waals surface area contributed by atoms with Crippen molar-refractivity contribution in [3.05, 3.63) is 58.1 Å². The predicted molar refractivity (Wildman–Crippen MR) is 132 cm³/mol. The van der Waals surface area contributed by atoms with Crippen LogP contribution in [0.5, 0.6) is 0 Å². The number of hydrogen-bond donors (Lipinski definition) is 3. The molecular weight excluding hydrogens is 513 g/mol. The van der Waals surface area contributed by atoms with Crippen LogP contribution in [0.1, 0.15) is 40.5 Å². The Kier molecular flexibility index (Phi) is 5.33. The van der Waals surface area contributed by atoms with Gasteiger partial charge in [-0.1, -0.05) is 12.1 Å². The summed E-state index contributed by atoms with van der Waals surface area (Å²) in [5.74, 6) is 0.0248. The number of nitrogens with one attached hydrogen (secondary N) is 2. The molecule has 1 aliphatic rings. The highest BCUT2D eigenvalue weighted by atomic mass is 35.5. The van der Waals surface area contributed by atoms with Gasteiger partial charge in [-0.2, -0.15) is 13.2 Å². The number of halogens is 4. The van der Waals surface area contributed by atoms with E-state index in [1.807, 2.05) is 0 Å². The molecule has 0 bridgehead atoms. The summed E-state index contributed by atoms with van der Waals surface area (Å²) in [6.45, 7) is -2.82. The van der Waals surface area contributed by atoms with Crippen molar-refractivity contribution >= 4 is 51.3 Å². The third kappa shape index (κ3) is 4.57. The molecule has 1 fully saturated rings. The maximum Gasteiger partial charge on any atom is 0.418 e. The Morgan fingerprint density at radius 2 is 2.08 bits per heavy atom.